The van der Waals surface area contributed by atoms with Crippen molar-refractivity contribution < 1.29 is 9.53 Å². The number of aromatic nitrogens is 2. The summed E-state index contributed by atoms with van der Waals surface area (Å²) in [5.41, 5.74) is 2.92. The number of nitriles is 1. The summed E-state index contributed by atoms with van der Waals surface area (Å²) in [6.45, 7) is 4.62. The van der Waals surface area contributed by atoms with Crippen LogP contribution in [0.15, 0.2) is 0 Å². The molecule has 1 aromatic rings. The van der Waals surface area contributed by atoms with Gasteiger partial charge in [-0.1, -0.05) is 13.8 Å². The zero-order valence-corrected chi connectivity index (χ0v) is 11.2. The van der Waals surface area contributed by atoms with Gasteiger partial charge in [-0.05, 0) is 12.8 Å². The molecule has 0 bridgehead atoms. The molecule has 0 radical (unpaired) electrons. The van der Waals surface area contributed by atoms with E-state index in [2.05, 4.69) is 11.2 Å². The third-order valence-electron chi connectivity index (χ3n) is 2.90. The third-order valence-corrected chi connectivity index (χ3v) is 2.90. The molecule has 5 nitrogen and oxygen atoms in total. The number of methoxy groups -OCH3 is 1. The molecule has 0 aliphatic heterocycles. The first-order valence-corrected chi connectivity index (χ1v) is 6.19. The second-order valence-electron chi connectivity index (χ2n) is 3.96. The van der Waals surface area contributed by atoms with Crippen molar-refractivity contribution in [3.8, 4) is 6.07 Å². The number of hydrogen-bond donors (Lipinski definition) is 0. The first-order valence-electron chi connectivity index (χ1n) is 6.19. The predicted molar refractivity (Wildman–Crippen MR) is 66.9 cm³/mol. The number of hydrogen-bond acceptors (Lipinski definition) is 4. The highest BCUT2D eigenvalue weighted by Crippen LogP contribution is 2.18. The van der Waals surface area contributed by atoms with Crippen molar-refractivity contribution in [3.05, 3.63) is 17.0 Å². The number of carbonyl (C=O) groups is 1. The van der Waals surface area contributed by atoms with Gasteiger partial charge in [-0.2, -0.15) is 10.4 Å². The molecule has 0 saturated carbocycles. The summed E-state index contributed by atoms with van der Waals surface area (Å²) in [5, 5.41) is 13.1. The molecule has 1 heterocycles. The molecule has 0 fully saturated rings. The SMILES string of the molecule is CCc1nn(CCC#N)c(CC)c1CC(=O)OC. The van der Waals surface area contributed by atoms with Crippen molar-refractivity contribution in [1.29, 1.82) is 5.26 Å². The molecule has 5 heteroatoms. The van der Waals surface area contributed by atoms with Gasteiger partial charge in [0, 0.05) is 11.3 Å². The molecule has 0 atom stereocenters. The highest BCUT2D eigenvalue weighted by Gasteiger charge is 2.18. The van der Waals surface area contributed by atoms with E-state index in [9.17, 15) is 4.79 Å². The van der Waals surface area contributed by atoms with Crippen LogP contribution in [0, 0.1) is 11.3 Å². The van der Waals surface area contributed by atoms with Crippen molar-refractivity contribution in [1.82, 2.24) is 9.78 Å². The lowest BCUT2D eigenvalue weighted by atomic mass is 10.1. The summed E-state index contributed by atoms with van der Waals surface area (Å²) in [6.07, 6.45) is 2.26. The van der Waals surface area contributed by atoms with Crippen molar-refractivity contribution in [2.75, 3.05) is 7.11 Å². The average Bonchev–Trinajstić information content (AvgIpc) is 2.73. The topological polar surface area (TPSA) is 67.9 Å². The fourth-order valence-corrected chi connectivity index (χ4v) is 2.03. The minimum atomic E-state index is -0.251. The van der Waals surface area contributed by atoms with Crippen LogP contribution < -0.4 is 0 Å². The van der Waals surface area contributed by atoms with E-state index in [0.717, 1.165) is 29.8 Å². The van der Waals surface area contributed by atoms with E-state index < -0.39 is 0 Å². The number of nitrogens with zero attached hydrogens (tertiary/aromatic N) is 3. The number of rotatable bonds is 6. The van der Waals surface area contributed by atoms with Crippen molar-refractivity contribution in [3.63, 3.8) is 0 Å². The summed E-state index contributed by atoms with van der Waals surface area (Å²) in [6, 6.07) is 2.11. The van der Waals surface area contributed by atoms with Crippen LogP contribution in [0.2, 0.25) is 0 Å². The Bertz CT molecular complexity index is 458. The Labute approximate surface area is 107 Å². The van der Waals surface area contributed by atoms with E-state index in [1.165, 1.54) is 7.11 Å². The van der Waals surface area contributed by atoms with E-state index in [-0.39, 0.29) is 12.4 Å². The summed E-state index contributed by atoms with van der Waals surface area (Å²) < 4.78 is 6.56. The molecule has 18 heavy (non-hydrogen) atoms. The zero-order chi connectivity index (χ0) is 13.5. The largest absolute Gasteiger partial charge is 0.469 e. The average molecular weight is 249 g/mol. The Morgan fingerprint density at radius 2 is 2.17 bits per heavy atom. The number of carbonyl (C=O) groups excluding carboxylic acids is 1. The van der Waals surface area contributed by atoms with Crippen LogP contribution in [0.5, 0.6) is 0 Å². The molecular weight excluding hydrogens is 230 g/mol. The van der Waals surface area contributed by atoms with Crippen LogP contribution in [-0.2, 0) is 35.3 Å². The first kappa shape index (κ1) is 14.2. The quantitative estimate of drug-likeness (QED) is 0.719. The van der Waals surface area contributed by atoms with E-state index in [1.807, 2.05) is 18.5 Å². The Hall–Kier alpha value is -1.83. The van der Waals surface area contributed by atoms with Crippen LogP contribution in [0.1, 0.15) is 37.2 Å². The molecule has 98 valence electrons. The lowest BCUT2D eigenvalue weighted by molar-refractivity contribution is -0.139. The standard InChI is InChI=1S/C13H19N3O2/c1-4-11-10(9-13(17)18-3)12(5-2)16(15-11)8-6-7-14/h4-6,8-9H2,1-3H3. The van der Waals surface area contributed by atoms with Gasteiger partial charge in [0.2, 0.25) is 0 Å². The lowest BCUT2D eigenvalue weighted by Crippen LogP contribution is -2.09. The molecule has 1 aromatic heterocycles. The Kier molecular flexibility index (Phi) is 5.37. The number of ether oxygens (including phenoxy) is 1. The van der Waals surface area contributed by atoms with Gasteiger partial charge in [0.1, 0.15) is 0 Å². The minimum absolute atomic E-state index is 0.251. The normalized spacial score (nSPS) is 10.1. The number of aryl methyl sites for hydroxylation is 2. The molecular formula is C13H19N3O2. The highest BCUT2D eigenvalue weighted by atomic mass is 16.5. The third kappa shape index (κ3) is 3.10. The van der Waals surface area contributed by atoms with Crippen LogP contribution in [0.25, 0.3) is 0 Å². The molecule has 0 aliphatic carbocycles. The van der Waals surface area contributed by atoms with E-state index in [1.54, 1.807) is 0 Å². The van der Waals surface area contributed by atoms with Crippen LogP contribution in [0.4, 0.5) is 0 Å². The maximum Gasteiger partial charge on any atom is 0.310 e. The summed E-state index contributed by atoms with van der Waals surface area (Å²) in [5.74, 6) is -0.251. The van der Waals surface area contributed by atoms with Crippen LogP contribution in [0.3, 0.4) is 0 Å². The first-order chi connectivity index (χ1) is 8.67. The van der Waals surface area contributed by atoms with E-state index in [0.29, 0.717) is 13.0 Å². The fourth-order valence-electron chi connectivity index (χ4n) is 2.03. The smallest absolute Gasteiger partial charge is 0.310 e. The molecule has 0 amide bonds. The zero-order valence-electron chi connectivity index (χ0n) is 11.2. The molecule has 0 unspecified atom stereocenters. The predicted octanol–water partition coefficient (Wildman–Crippen LogP) is 1.64. The Morgan fingerprint density at radius 3 is 2.67 bits per heavy atom. The second kappa shape index (κ2) is 6.80. The lowest BCUT2D eigenvalue weighted by Gasteiger charge is -2.05. The van der Waals surface area contributed by atoms with Gasteiger partial charge < -0.3 is 4.74 Å². The monoisotopic (exact) mass is 249 g/mol. The van der Waals surface area contributed by atoms with Gasteiger partial charge in [-0.3, -0.25) is 9.48 Å². The van der Waals surface area contributed by atoms with Gasteiger partial charge in [0.05, 0.1) is 38.3 Å². The van der Waals surface area contributed by atoms with Crippen molar-refractivity contribution in [2.45, 2.75) is 46.1 Å². The van der Waals surface area contributed by atoms with E-state index in [4.69, 9.17) is 10.00 Å². The van der Waals surface area contributed by atoms with Crippen LogP contribution >= 0.6 is 0 Å². The Balaban J connectivity index is 3.08. The fraction of sp³-hybridized carbons (Fsp3) is 0.615. The van der Waals surface area contributed by atoms with Gasteiger partial charge >= 0.3 is 5.97 Å². The second-order valence-corrected chi connectivity index (χ2v) is 3.96. The summed E-state index contributed by atoms with van der Waals surface area (Å²) in [7, 11) is 1.39. The van der Waals surface area contributed by atoms with Gasteiger partial charge in [0.25, 0.3) is 0 Å². The molecule has 0 N–H and O–H groups in total. The van der Waals surface area contributed by atoms with Gasteiger partial charge in [0.15, 0.2) is 0 Å². The van der Waals surface area contributed by atoms with Gasteiger partial charge in [-0.25, -0.2) is 0 Å². The Morgan fingerprint density at radius 1 is 1.44 bits per heavy atom. The van der Waals surface area contributed by atoms with Gasteiger partial charge in [-0.15, -0.1) is 0 Å². The van der Waals surface area contributed by atoms with E-state index >= 15 is 0 Å². The summed E-state index contributed by atoms with van der Waals surface area (Å²) >= 11 is 0. The molecule has 0 saturated heterocycles. The van der Waals surface area contributed by atoms with Crippen LogP contribution in [-0.4, -0.2) is 22.9 Å². The van der Waals surface area contributed by atoms with Crippen molar-refractivity contribution >= 4 is 5.97 Å². The summed E-state index contributed by atoms with van der Waals surface area (Å²) in [4.78, 5) is 11.4. The highest BCUT2D eigenvalue weighted by molar-refractivity contribution is 5.73. The maximum atomic E-state index is 11.4. The molecule has 0 spiro atoms. The maximum absolute atomic E-state index is 11.4. The minimum Gasteiger partial charge on any atom is -0.469 e. The van der Waals surface area contributed by atoms with Crippen molar-refractivity contribution in [2.24, 2.45) is 0 Å². The number of esters is 1. The molecule has 1 rings (SSSR count). The molecule has 0 aromatic carbocycles. The molecule has 0 aliphatic rings.